The molecule has 1 fully saturated rings. The van der Waals surface area contributed by atoms with E-state index in [-0.39, 0.29) is 17.6 Å². The Morgan fingerprint density at radius 1 is 1.16 bits per heavy atom. The summed E-state index contributed by atoms with van der Waals surface area (Å²) in [6.07, 6.45) is 1.51. The molecule has 0 atom stereocenters. The first kappa shape index (κ1) is 21.3. The number of carbonyl (C=O) groups excluding carboxylic acids is 2. The van der Waals surface area contributed by atoms with Gasteiger partial charge in [0.2, 0.25) is 0 Å². The molecule has 0 spiro atoms. The van der Waals surface area contributed by atoms with Crippen LogP contribution >= 0.6 is 11.3 Å². The molecule has 162 valence electrons. The molecule has 1 aromatic carbocycles. The van der Waals surface area contributed by atoms with E-state index in [0.29, 0.717) is 24.4 Å². The predicted molar refractivity (Wildman–Crippen MR) is 117 cm³/mol. The summed E-state index contributed by atoms with van der Waals surface area (Å²) in [5.41, 5.74) is 2.73. The van der Waals surface area contributed by atoms with Crippen LogP contribution in [0, 0.1) is 19.7 Å². The van der Waals surface area contributed by atoms with Gasteiger partial charge in [-0.1, -0.05) is 0 Å². The lowest BCUT2D eigenvalue weighted by atomic mass is 10.1. The van der Waals surface area contributed by atoms with Gasteiger partial charge in [0.25, 0.3) is 11.8 Å². The van der Waals surface area contributed by atoms with E-state index in [9.17, 15) is 14.0 Å². The van der Waals surface area contributed by atoms with Crippen molar-refractivity contribution in [1.29, 1.82) is 0 Å². The number of anilines is 1. The maximum absolute atomic E-state index is 13.2. The van der Waals surface area contributed by atoms with Crippen LogP contribution in [0.25, 0.3) is 0 Å². The Bertz CT molecular complexity index is 1070. The standard InChI is InChI=1S/C23H24FN3O3S/c1-15-16(2)31-22(25-21(28)17-5-7-18(24)8-6-17)19(15)14-26-9-11-27(12-10-26)23(29)20-4-3-13-30-20/h3-8,13H,9-12,14H2,1-2H3,(H,25,28)/p+1. The summed E-state index contributed by atoms with van der Waals surface area (Å²) in [6.45, 7) is 7.87. The molecule has 31 heavy (non-hydrogen) atoms. The molecule has 1 aliphatic heterocycles. The molecule has 2 amide bonds. The third kappa shape index (κ3) is 4.70. The Morgan fingerprint density at radius 2 is 1.87 bits per heavy atom. The summed E-state index contributed by atoms with van der Waals surface area (Å²) in [4.78, 5) is 29.5. The van der Waals surface area contributed by atoms with Crippen LogP contribution in [0.15, 0.2) is 47.1 Å². The summed E-state index contributed by atoms with van der Waals surface area (Å²) in [7, 11) is 0. The normalized spacial score (nSPS) is 14.6. The third-order valence-corrected chi connectivity index (χ3v) is 6.92. The number of hydrogen-bond acceptors (Lipinski definition) is 4. The molecule has 0 aliphatic carbocycles. The van der Waals surface area contributed by atoms with Gasteiger partial charge >= 0.3 is 0 Å². The number of nitrogens with one attached hydrogen (secondary N) is 2. The fraction of sp³-hybridized carbons (Fsp3) is 0.304. The maximum atomic E-state index is 13.2. The maximum Gasteiger partial charge on any atom is 0.289 e. The fourth-order valence-corrected chi connectivity index (χ4v) is 4.85. The zero-order valence-corrected chi connectivity index (χ0v) is 18.4. The molecule has 1 aliphatic rings. The van der Waals surface area contributed by atoms with Crippen LogP contribution in [0.3, 0.4) is 0 Å². The van der Waals surface area contributed by atoms with Crippen molar-refractivity contribution in [3.05, 3.63) is 75.8 Å². The highest BCUT2D eigenvalue weighted by molar-refractivity contribution is 7.16. The minimum atomic E-state index is -0.367. The molecule has 0 saturated carbocycles. The first-order valence-electron chi connectivity index (χ1n) is 10.2. The van der Waals surface area contributed by atoms with Crippen molar-refractivity contribution in [2.75, 3.05) is 31.5 Å². The monoisotopic (exact) mass is 442 g/mol. The Hall–Kier alpha value is -2.97. The Labute approximate surface area is 184 Å². The Kier molecular flexibility index (Phi) is 6.20. The summed E-state index contributed by atoms with van der Waals surface area (Å²) in [5, 5.41) is 3.85. The fourth-order valence-electron chi connectivity index (χ4n) is 3.77. The van der Waals surface area contributed by atoms with Gasteiger partial charge < -0.3 is 19.5 Å². The number of benzene rings is 1. The average Bonchev–Trinajstić information content (AvgIpc) is 3.39. The van der Waals surface area contributed by atoms with Crippen molar-refractivity contribution in [2.24, 2.45) is 0 Å². The number of carbonyl (C=O) groups is 2. The zero-order valence-electron chi connectivity index (χ0n) is 17.5. The van der Waals surface area contributed by atoms with Gasteiger partial charge in [0, 0.05) is 16.0 Å². The highest BCUT2D eigenvalue weighted by Gasteiger charge is 2.28. The number of rotatable bonds is 5. The van der Waals surface area contributed by atoms with Crippen LogP contribution < -0.4 is 10.2 Å². The van der Waals surface area contributed by atoms with E-state index in [1.165, 1.54) is 41.0 Å². The summed E-state index contributed by atoms with van der Waals surface area (Å²) < 4.78 is 18.4. The van der Waals surface area contributed by atoms with Crippen molar-refractivity contribution >= 4 is 28.2 Å². The quantitative estimate of drug-likeness (QED) is 0.639. The third-order valence-electron chi connectivity index (χ3n) is 5.76. The van der Waals surface area contributed by atoms with Gasteiger partial charge in [-0.15, -0.1) is 11.3 Å². The predicted octanol–water partition coefficient (Wildman–Crippen LogP) is 2.89. The van der Waals surface area contributed by atoms with E-state index in [2.05, 4.69) is 12.2 Å². The van der Waals surface area contributed by atoms with Crippen molar-refractivity contribution in [2.45, 2.75) is 20.4 Å². The molecule has 2 N–H and O–H groups in total. The van der Waals surface area contributed by atoms with E-state index in [4.69, 9.17) is 4.42 Å². The molecule has 6 nitrogen and oxygen atoms in total. The van der Waals surface area contributed by atoms with Crippen molar-refractivity contribution in [3.63, 3.8) is 0 Å². The Morgan fingerprint density at radius 3 is 2.52 bits per heavy atom. The number of furan rings is 1. The van der Waals surface area contributed by atoms with Gasteiger partial charge in [-0.2, -0.15) is 0 Å². The number of aryl methyl sites for hydroxylation is 1. The van der Waals surface area contributed by atoms with Crippen LogP contribution in [0.1, 0.15) is 36.9 Å². The minimum Gasteiger partial charge on any atom is -0.459 e. The Balaban J connectivity index is 1.41. The molecular formula is C23H25FN3O3S+. The lowest BCUT2D eigenvalue weighted by Crippen LogP contribution is -3.13. The van der Waals surface area contributed by atoms with Gasteiger partial charge in [-0.3, -0.25) is 9.59 Å². The van der Waals surface area contributed by atoms with Gasteiger partial charge in [-0.05, 0) is 55.8 Å². The zero-order chi connectivity index (χ0) is 22.0. The summed E-state index contributed by atoms with van der Waals surface area (Å²) in [5.74, 6) is -0.308. The molecule has 3 aromatic rings. The second-order valence-corrected chi connectivity index (χ2v) is 8.97. The molecule has 0 bridgehead atoms. The molecular weight excluding hydrogens is 417 g/mol. The van der Waals surface area contributed by atoms with Crippen molar-refractivity contribution < 1.29 is 23.3 Å². The highest BCUT2D eigenvalue weighted by Crippen LogP contribution is 2.32. The first-order chi connectivity index (χ1) is 14.9. The van der Waals surface area contributed by atoms with Crippen LogP contribution in [-0.4, -0.2) is 42.9 Å². The smallest absolute Gasteiger partial charge is 0.289 e. The molecule has 3 heterocycles. The lowest BCUT2D eigenvalue weighted by Gasteiger charge is -2.32. The molecule has 0 unspecified atom stereocenters. The first-order valence-corrected chi connectivity index (χ1v) is 11.1. The van der Waals surface area contributed by atoms with Crippen molar-refractivity contribution in [1.82, 2.24) is 4.90 Å². The number of halogens is 1. The number of nitrogens with zero attached hydrogens (tertiary/aromatic N) is 1. The van der Waals surface area contributed by atoms with Gasteiger partial charge in [0.15, 0.2) is 5.76 Å². The van der Waals surface area contributed by atoms with E-state index < -0.39 is 0 Å². The van der Waals surface area contributed by atoms with Crippen molar-refractivity contribution in [3.8, 4) is 0 Å². The molecule has 8 heteroatoms. The molecule has 1 saturated heterocycles. The second kappa shape index (κ2) is 9.03. The number of piperazine rings is 1. The highest BCUT2D eigenvalue weighted by atomic mass is 32.1. The van der Waals surface area contributed by atoms with E-state index in [1.54, 1.807) is 23.5 Å². The van der Waals surface area contributed by atoms with Crippen LogP contribution in [0.5, 0.6) is 0 Å². The van der Waals surface area contributed by atoms with Crippen LogP contribution in [0.4, 0.5) is 9.39 Å². The lowest BCUT2D eigenvalue weighted by molar-refractivity contribution is -0.917. The van der Waals surface area contributed by atoms with Gasteiger partial charge in [-0.25, -0.2) is 4.39 Å². The second-order valence-electron chi connectivity index (χ2n) is 7.75. The van der Waals surface area contributed by atoms with E-state index in [1.807, 2.05) is 11.8 Å². The average molecular weight is 443 g/mol. The number of quaternary nitrogens is 1. The van der Waals surface area contributed by atoms with Crippen LogP contribution in [-0.2, 0) is 6.54 Å². The molecule has 0 radical (unpaired) electrons. The molecule has 4 rings (SSSR count). The van der Waals surface area contributed by atoms with Crippen LogP contribution in [0.2, 0.25) is 0 Å². The molecule has 2 aromatic heterocycles. The van der Waals surface area contributed by atoms with Gasteiger partial charge in [0.1, 0.15) is 17.4 Å². The number of hydrogen-bond donors (Lipinski definition) is 2. The minimum absolute atomic E-state index is 0.0705. The number of amides is 2. The van der Waals surface area contributed by atoms with Gasteiger partial charge in [0.05, 0.1) is 32.4 Å². The van der Waals surface area contributed by atoms with E-state index in [0.717, 1.165) is 35.1 Å². The van der Waals surface area contributed by atoms with E-state index >= 15 is 0 Å². The topological polar surface area (TPSA) is 67.0 Å². The summed E-state index contributed by atoms with van der Waals surface area (Å²) in [6, 6.07) is 8.95. The SMILES string of the molecule is Cc1sc(NC(=O)c2ccc(F)cc2)c(C[NH+]2CCN(C(=O)c3ccco3)CC2)c1C. The number of thiophene rings is 1. The largest absolute Gasteiger partial charge is 0.459 e. The summed E-state index contributed by atoms with van der Waals surface area (Å²) >= 11 is 1.56.